The Bertz CT molecular complexity index is 431. The number of carbonyl (C=O) groups excluding carboxylic acids is 1. The first-order valence-corrected chi connectivity index (χ1v) is 5.71. The fourth-order valence-electron chi connectivity index (χ4n) is 1.60. The number of aliphatic carboxylic acids is 1. The number of benzene rings is 1. The molecule has 5 heteroatoms. The third-order valence-corrected chi connectivity index (χ3v) is 2.65. The Morgan fingerprint density at radius 3 is 2.61 bits per heavy atom. The predicted molar refractivity (Wildman–Crippen MR) is 66.6 cm³/mol. The molecule has 1 aromatic carbocycles. The van der Waals surface area contributed by atoms with Crippen molar-refractivity contribution < 1.29 is 19.4 Å². The van der Waals surface area contributed by atoms with Gasteiger partial charge in [-0.15, -0.1) is 0 Å². The van der Waals surface area contributed by atoms with E-state index in [0.717, 1.165) is 12.0 Å². The highest BCUT2D eigenvalue weighted by Gasteiger charge is 2.18. The molecule has 98 valence electrons. The van der Waals surface area contributed by atoms with E-state index in [0.29, 0.717) is 5.56 Å². The molecule has 1 rings (SSSR count). The number of rotatable bonds is 6. The SMILES string of the molecule is CCc1ccccc1C(=O)NCC(OC)C(=O)O. The lowest BCUT2D eigenvalue weighted by atomic mass is 10.0. The summed E-state index contributed by atoms with van der Waals surface area (Å²) in [5, 5.41) is 11.3. The molecule has 1 aromatic rings. The fraction of sp³-hybridized carbons (Fsp3) is 0.385. The van der Waals surface area contributed by atoms with Crippen LogP contribution in [-0.2, 0) is 16.0 Å². The lowest BCUT2D eigenvalue weighted by molar-refractivity contribution is -0.148. The molecular weight excluding hydrogens is 234 g/mol. The van der Waals surface area contributed by atoms with E-state index in [1.165, 1.54) is 7.11 Å². The van der Waals surface area contributed by atoms with Crippen LogP contribution in [0.25, 0.3) is 0 Å². The molecule has 1 amide bonds. The second kappa shape index (κ2) is 6.76. The van der Waals surface area contributed by atoms with Gasteiger partial charge in [-0.25, -0.2) is 4.79 Å². The molecule has 0 aliphatic carbocycles. The van der Waals surface area contributed by atoms with Crippen molar-refractivity contribution in [3.8, 4) is 0 Å². The lowest BCUT2D eigenvalue weighted by Gasteiger charge is -2.12. The van der Waals surface area contributed by atoms with Crippen LogP contribution in [-0.4, -0.2) is 36.7 Å². The van der Waals surface area contributed by atoms with Gasteiger partial charge in [-0.05, 0) is 18.1 Å². The van der Waals surface area contributed by atoms with Crippen molar-refractivity contribution >= 4 is 11.9 Å². The summed E-state index contributed by atoms with van der Waals surface area (Å²) in [7, 11) is 1.30. The summed E-state index contributed by atoms with van der Waals surface area (Å²) in [5.41, 5.74) is 1.50. The molecule has 5 nitrogen and oxygen atoms in total. The van der Waals surface area contributed by atoms with E-state index in [4.69, 9.17) is 9.84 Å². The molecule has 0 radical (unpaired) electrons. The molecule has 2 N–H and O–H groups in total. The van der Waals surface area contributed by atoms with Crippen molar-refractivity contribution in [1.29, 1.82) is 0 Å². The first-order valence-electron chi connectivity index (χ1n) is 5.71. The van der Waals surface area contributed by atoms with Crippen LogP contribution in [0.4, 0.5) is 0 Å². The third kappa shape index (κ3) is 3.56. The average Bonchev–Trinajstić information content (AvgIpc) is 2.38. The summed E-state index contributed by atoms with van der Waals surface area (Å²) in [4.78, 5) is 22.6. The Morgan fingerprint density at radius 1 is 1.39 bits per heavy atom. The highest BCUT2D eigenvalue weighted by molar-refractivity contribution is 5.95. The maximum absolute atomic E-state index is 11.9. The van der Waals surface area contributed by atoms with Gasteiger partial charge in [0.15, 0.2) is 6.10 Å². The summed E-state index contributed by atoms with van der Waals surface area (Å²) in [6, 6.07) is 7.24. The summed E-state index contributed by atoms with van der Waals surface area (Å²) in [6.45, 7) is 1.91. The molecule has 0 spiro atoms. The van der Waals surface area contributed by atoms with Crippen LogP contribution in [0.2, 0.25) is 0 Å². The Hall–Kier alpha value is -1.88. The minimum atomic E-state index is -1.10. The molecule has 1 unspecified atom stereocenters. The molecule has 0 bridgehead atoms. The summed E-state index contributed by atoms with van der Waals surface area (Å²) in [5.74, 6) is -1.38. The smallest absolute Gasteiger partial charge is 0.334 e. The Balaban J connectivity index is 2.68. The van der Waals surface area contributed by atoms with Crippen molar-refractivity contribution in [3.63, 3.8) is 0 Å². The van der Waals surface area contributed by atoms with Crippen LogP contribution in [0.3, 0.4) is 0 Å². The van der Waals surface area contributed by atoms with E-state index in [2.05, 4.69) is 5.32 Å². The second-order valence-corrected chi connectivity index (χ2v) is 3.78. The molecule has 0 aliphatic rings. The first kappa shape index (κ1) is 14.2. The van der Waals surface area contributed by atoms with Gasteiger partial charge in [-0.1, -0.05) is 25.1 Å². The van der Waals surface area contributed by atoms with E-state index in [1.807, 2.05) is 19.1 Å². The van der Waals surface area contributed by atoms with Crippen LogP contribution in [0.15, 0.2) is 24.3 Å². The molecule has 0 heterocycles. The second-order valence-electron chi connectivity index (χ2n) is 3.78. The number of hydrogen-bond donors (Lipinski definition) is 2. The van der Waals surface area contributed by atoms with E-state index in [9.17, 15) is 9.59 Å². The van der Waals surface area contributed by atoms with Crippen LogP contribution >= 0.6 is 0 Å². The van der Waals surface area contributed by atoms with Gasteiger partial charge in [-0.2, -0.15) is 0 Å². The molecule has 18 heavy (non-hydrogen) atoms. The summed E-state index contributed by atoms with van der Waals surface area (Å²) >= 11 is 0. The number of amides is 1. The number of carboxylic acid groups (broad SMARTS) is 1. The lowest BCUT2D eigenvalue weighted by Crippen LogP contribution is -2.38. The van der Waals surface area contributed by atoms with Crippen LogP contribution in [0.1, 0.15) is 22.8 Å². The number of hydrogen-bond acceptors (Lipinski definition) is 3. The van der Waals surface area contributed by atoms with Crippen LogP contribution in [0, 0.1) is 0 Å². The van der Waals surface area contributed by atoms with Gasteiger partial charge >= 0.3 is 5.97 Å². The number of ether oxygens (including phenoxy) is 1. The number of methoxy groups -OCH3 is 1. The van der Waals surface area contributed by atoms with Gasteiger partial charge in [0.2, 0.25) is 0 Å². The molecule has 0 fully saturated rings. The van der Waals surface area contributed by atoms with Gasteiger partial charge in [0, 0.05) is 12.7 Å². The third-order valence-electron chi connectivity index (χ3n) is 2.65. The van der Waals surface area contributed by atoms with Crippen molar-refractivity contribution in [1.82, 2.24) is 5.32 Å². The monoisotopic (exact) mass is 251 g/mol. The van der Waals surface area contributed by atoms with Gasteiger partial charge in [-0.3, -0.25) is 4.79 Å². The molecular formula is C13H17NO4. The van der Waals surface area contributed by atoms with Crippen molar-refractivity contribution in [2.45, 2.75) is 19.4 Å². The average molecular weight is 251 g/mol. The largest absolute Gasteiger partial charge is 0.479 e. The van der Waals surface area contributed by atoms with E-state index in [-0.39, 0.29) is 12.5 Å². The normalized spacial score (nSPS) is 11.9. The number of nitrogens with one attached hydrogen (secondary N) is 1. The van der Waals surface area contributed by atoms with Gasteiger partial charge in [0.1, 0.15) is 0 Å². The fourth-order valence-corrected chi connectivity index (χ4v) is 1.60. The van der Waals surface area contributed by atoms with Crippen molar-refractivity contribution in [2.75, 3.05) is 13.7 Å². The Labute approximate surface area is 106 Å². The zero-order chi connectivity index (χ0) is 13.5. The highest BCUT2D eigenvalue weighted by Crippen LogP contribution is 2.09. The number of carbonyl (C=O) groups is 2. The summed E-state index contributed by atoms with van der Waals surface area (Å²) < 4.78 is 4.74. The summed E-state index contributed by atoms with van der Waals surface area (Å²) in [6.07, 6.45) is -0.279. The van der Waals surface area contributed by atoms with E-state index >= 15 is 0 Å². The van der Waals surface area contributed by atoms with Crippen molar-refractivity contribution in [3.05, 3.63) is 35.4 Å². The standard InChI is InChI=1S/C13H17NO4/c1-3-9-6-4-5-7-10(9)12(15)14-8-11(18-2)13(16)17/h4-7,11H,3,8H2,1-2H3,(H,14,15)(H,16,17). The topological polar surface area (TPSA) is 75.6 Å². The quantitative estimate of drug-likeness (QED) is 0.793. The van der Waals surface area contributed by atoms with Crippen LogP contribution in [0.5, 0.6) is 0 Å². The predicted octanol–water partition coefficient (Wildman–Crippen LogP) is 1.08. The van der Waals surface area contributed by atoms with Crippen LogP contribution < -0.4 is 5.32 Å². The molecule has 0 aromatic heterocycles. The first-order chi connectivity index (χ1) is 8.60. The zero-order valence-electron chi connectivity index (χ0n) is 10.5. The van der Waals surface area contributed by atoms with Gasteiger partial charge < -0.3 is 15.2 Å². The van der Waals surface area contributed by atoms with Gasteiger partial charge in [0.05, 0.1) is 6.54 Å². The molecule has 1 atom stereocenters. The number of aryl methyl sites for hydroxylation is 1. The molecule has 0 saturated carbocycles. The zero-order valence-corrected chi connectivity index (χ0v) is 10.5. The Kier molecular flexibility index (Phi) is 5.32. The minimum Gasteiger partial charge on any atom is -0.479 e. The molecule has 0 aliphatic heterocycles. The van der Waals surface area contributed by atoms with E-state index < -0.39 is 12.1 Å². The van der Waals surface area contributed by atoms with Crippen molar-refractivity contribution in [2.24, 2.45) is 0 Å². The van der Waals surface area contributed by atoms with Gasteiger partial charge in [0.25, 0.3) is 5.91 Å². The minimum absolute atomic E-state index is 0.0529. The number of carboxylic acids is 1. The maximum Gasteiger partial charge on any atom is 0.334 e. The Morgan fingerprint density at radius 2 is 2.06 bits per heavy atom. The highest BCUT2D eigenvalue weighted by atomic mass is 16.5. The maximum atomic E-state index is 11.9. The molecule has 0 saturated heterocycles. The van der Waals surface area contributed by atoms with E-state index in [1.54, 1.807) is 12.1 Å².